The van der Waals surface area contributed by atoms with Gasteiger partial charge >= 0.3 is 0 Å². The van der Waals surface area contributed by atoms with Crippen LogP contribution >= 0.6 is 0 Å². The van der Waals surface area contributed by atoms with Crippen molar-refractivity contribution in [1.29, 1.82) is 0 Å². The van der Waals surface area contributed by atoms with Crippen molar-refractivity contribution in [2.45, 2.75) is 45.1 Å². The van der Waals surface area contributed by atoms with Gasteiger partial charge in [0.1, 0.15) is 0 Å². The minimum absolute atomic E-state index is 0.122. The van der Waals surface area contributed by atoms with Gasteiger partial charge in [0, 0.05) is 6.04 Å². The van der Waals surface area contributed by atoms with E-state index in [0.29, 0.717) is 17.4 Å². The summed E-state index contributed by atoms with van der Waals surface area (Å²) in [6, 6.07) is 0.122. The second-order valence-corrected chi connectivity index (χ2v) is 6.78. The SMILES string of the molecule is CCC(CS(=O)(=O)CC1CCCC1)NC. The van der Waals surface area contributed by atoms with Crippen molar-refractivity contribution in [3.63, 3.8) is 0 Å². The molecule has 0 aromatic rings. The normalized spacial score (nSPS) is 20.7. The number of nitrogens with one attached hydrogen (secondary N) is 1. The van der Waals surface area contributed by atoms with Gasteiger partial charge in [0.2, 0.25) is 0 Å². The van der Waals surface area contributed by atoms with Gasteiger partial charge in [-0.15, -0.1) is 0 Å². The van der Waals surface area contributed by atoms with Gasteiger partial charge in [-0.2, -0.15) is 0 Å². The quantitative estimate of drug-likeness (QED) is 0.758. The molecule has 1 fully saturated rings. The standard InChI is InChI=1S/C11H23NO2S/c1-3-11(12-2)9-15(13,14)8-10-6-4-5-7-10/h10-12H,3-9H2,1-2H3. The van der Waals surface area contributed by atoms with Crippen LogP contribution in [0, 0.1) is 5.92 Å². The highest BCUT2D eigenvalue weighted by atomic mass is 32.2. The van der Waals surface area contributed by atoms with Crippen LogP contribution in [0.3, 0.4) is 0 Å². The lowest BCUT2D eigenvalue weighted by atomic mass is 10.1. The first-order chi connectivity index (χ1) is 7.07. The predicted octanol–water partition coefficient (Wildman–Crippen LogP) is 1.59. The van der Waals surface area contributed by atoms with Crippen LogP contribution in [0.5, 0.6) is 0 Å². The first-order valence-corrected chi connectivity index (χ1v) is 7.77. The van der Waals surface area contributed by atoms with E-state index in [9.17, 15) is 8.42 Å². The fourth-order valence-corrected chi connectivity index (χ4v) is 4.52. The molecule has 1 rings (SSSR count). The Bertz CT molecular complexity index is 254. The summed E-state index contributed by atoms with van der Waals surface area (Å²) in [6.07, 6.45) is 5.51. The Hall–Kier alpha value is -0.0900. The molecule has 1 unspecified atom stereocenters. The van der Waals surface area contributed by atoms with Gasteiger partial charge < -0.3 is 5.32 Å². The van der Waals surface area contributed by atoms with Crippen LogP contribution in [-0.2, 0) is 9.84 Å². The third kappa shape index (κ3) is 4.51. The molecular formula is C11H23NO2S. The Balaban J connectivity index is 2.43. The molecule has 1 aliphatic carbocycles. The van der Waals surface area contributed by atoms with Crippen LogP contribution in [0.1, 0.15) is 39.0 Å². The monoisotopic (exact) mass is 233 g/mol. The van der Waals surface area contributed by atoms with Gasteiger partial charge in [-0.05, 0) is 32.2 Å². The Morgan fingerprint density at radius 3 is 2.40 bits per heavy atom. The van der Waals surface area contributed by atoms with Crippen LogP contribution < -0.4 is 5.32 Å². The zero-order chi connectivity index (χ0) is 11.3. The zero-order valence-corrected chi connectivity index (χ0v) is 10.6. The Kier molecular flexibility index (Phi) is 5.06. The number of rotatable bonds is 6. The fraction of sp³-hybridized carbons (Fsp3) is 1.00. The topological polar surface area (TPSA) is 46.2 Å². The third-order valence-electron chi connectivity index (χ3n) is 3.32. The van der Waals surface area contributed by atoms with E-state index in [-0.39, 0.29) is 6.04 Å². The lowest BCUT2D eigenvalue weighted by Gasteiger charge is -2.16. The molecule has 4 heteroatoms. The lowest BCUT2D eigenvalue weighted by molar-refractivity contribution is 0.535. The maximum absolute atomic E-state index is 11.9. The lowest BCUT2D eigenvalue weighted by Crippen LogP contribution is -2.34. The van der Waals surface area contributed by atoms with Crippen LogP contribution in [0.4, 0.5) is 0 Å². The molecule has 1 saturated carbocycles. The number of sulfone groups is 1. The molecule has 1 aliphatic rings. The van der Waals surface area contributed by atoms with Crippen molar-refractivity contribution in [2.75, 3.05) is 18.6 Å². The summed E-state index contributed by atoms with van der Waals surface area (Å²) in [7, 11) is -1.02. The summed E-state index contributed by atoms with van der Waals surface area (Å²) in [5, 5.41) is 3.05. The average Bonchev–Trinajstić information content (AvgIpc) is 2.66. The number of hydrogen-bond acceptors (Lipinski definition) is 3. The minimum Gasteiger partial charge on any atom is -0.316 e. The molecule has 0 aliphatic heterocycles. The maximum Gasteiger partial charge on any atom is 0.152 e. The molecule has 0 spiro atoms. The van der Waals surface area contributed by atoms with Gasteiger partial charge in [-0.25, -0.2) is 8.42 Å². The van der Waals surface area contributed by atoms with Crippen molar-refractivity contribution < 1.29 is 8.42 Å². The molecule has 0 bridgehead atoms. The summed E-state index contributed by atoms with van der Waals surface area (Å²) in [6.45, 7) is 2.02. The van der Waals surface area contributed by atoms with Crippen molar-refractivity contribution in [1.82, 2.24) is 5.32 Å². The molecule has 0 amide bonds. The Morgan fingerprint density at radius 1 is 1.33 bits per heavy atom. The summed E-state index contributed by atoms with van der Waals surface area (Å²) in [4.78, 5) is 0. The van der Waals surface area contributed by atoms with E-state index in [1.165, 1.54) is 12.8 Å². The van der Waals surface area contributed by atoms with E-state index in [0.717, 1.165) is 19.3 Å². The highest BCUT2D eigenvalue weighted by molar-refractivity contribution is 7.91. The fourth-order valence-electron chi connectivity index (χ4n) is 2.32. The second-order valence-electron chi connectivity index (χ2n) is 4.62. The first-order valence-electron chi connectivity index (χ1n) is 5.95. The van der Waals surface area contributed by atoms with Crippen LogP contribution in [0.2, 0.25) is 0 Å². The van der Waals surface area contributed by atoms with Crippen molar-refractivity contribution in [2.24, 2.45) is 5.92 Å². The highest BCUT2D eigenvalue weighted by Gasteiger charge is 2.24. The zero-order valence-electron chi connectivity index (χ0n) is 9.83. The molecule has 0 radical (unpaired) electrons. The largest absolute Gasteiger partial charge is 0.316 e. The minimum atomic E-state index is -2.85. The smallest absolute Gasteiger partial charge is 0.152 e. The third-order valence-corrected chi connectivity index (χ3v) is 5.21. The van der Waals surface area contributed by atoms with Crippen LogP contribution in [0.25, 0.3) is 0 Å². The van der Waals surface area contributed by atoms with E-state index in [1.54, 1.807) is 0 Å². The van der Waals surface area contributed by atoms with Gasteiger partial charge in [-0.3, -0.25) is 0 Å². The highest BCUT2D eigenvalue weighted by Crippen LogP contribution is 2.26. The molecule has 0 aromatic heterocycles. The summed E-state index contributed by atoms with van der Waals surface area (Å²) in [5.41, 5.74) is 0. The van der Waals surface area contributed by atoms with Crippen molar-refractivity contribution >= 4 is 9.84 Å². The molecular weight excluding hydrogens is 210 g/mol. The van der Waals surface area contributed by atoms with Crippen molar-refractivity contribution in [3.05, 3.63) is 0 Å². The van der Waals surface area contributed by atoms with Gasteiger partial charge in [0.25, 0.3) is 0 Å². The van der Waals surface area contributed by atoms with Gasteiger partial charge in [-0.1, -0.05) is 19.8 Å². The van der Waals surface area contributed by atoms with E-state index in [4.69, 9.17) is 0 Å². The van der Waals surface area contributed by atoms with E-state index < -0.39 is 9.84 Å². The molecule has 3 nitrogen and oxygen atoms in total. The van der Waals surface area contributed by atoms with E-state index in [2.05, 4.69) is 5.32 Å². The molecule has 0 heterocycles. The van der Waals surface area contributed by atoms with E-state index in [1.807, 2.05) is 14.0 Å². The van der Waals surface area contributed by atoms with Gasteiger partial charge in [0.05, 0.1) is 11.5 Å². The molecule has 0 aromatic carbocycles. The van der Waals surface area contributed by atoms with Crippen molar-refractivity contribution in [3.8, 4) is 0 Å². The average molecular weight is 233 g/mol. The first kappa shape index (κ1) is 13.0. The van der Waals surface area contributed by atoms with Crippen LogP contribution in [0.15, 0.2) is 0 Å². The predicted molar refractivity (Wildman–Crippen MR) is 63.8 cm³/mol. The molecule has 90 valence electrons. The summed E-state index contributed by atoms with van der Waals surface area (Å²) < 4.78 is 23.7. The second kappa shape index (κ2) is 5.85. The molecule has 0 saturated heterocycles. The maximum atomic E-state index is 11.9. The molecule has 1 N–H and O–H groups in total. The summed E-state index contributed by atoms with van der Waals surface area (Å²) >= 11 is 0. The van der Waals surface area contributed by atoms with Gasteiger partial charge in [0.15, 0.2) is 9.84 Å². The summed E-state index contributed by atoms with van der Waals surface area (Å²) in [5.74, 6) is 1.14. The Morgan fingerprint density at radius 2 is 1.93 bits per heavy atom. The Labute approximate surface area is 93.6 Å². The molecule has 15 heavy (non-hydrogen) atoms. The molecule has 1 atom stereocenters. The number of hydrogen-bond donors (Lipinski definition) is 1. The van der Waals surface area contributed by atoms with E-state index >= 15 is 0 Å². The van der Waals surface area contributed by atoms with Crippen LogP contribution in [-0.4, -0.2) is 33.0 Å².